The summed E-state index contributed by atoms with van der Waals surface area (Å²) in [5, 5.41) is 0.306. The summed E-state index contributed by atoms with van der Waals surface area (Å²) < 4.78 is 11.3. The fourth-order valence-corrected chi connectivity index (χ4v) is 2.76. The van der Waals surface area contributed by atoms with Gasteiger partial charge in [-0.2, -0.15) is 4.98 Å². The van der Waals surface area contributed by atoms with Gasteiger partial charge in [-0.05, 0) is 27.2 Å². The van der Waals surface area contributed by atoms with Gasteiger partial charge in [0, 0.05) is 25.4 Å². The molecule has 0 radical (unpaired) electrons. The SMILES string of the molecule is CC[C@H]1C[C@H](Oc2cncc(Cl)n2)CCN1C(=O)OC(C)(C)C. The molecule has 2 atom stereocenters. The van der Waals surface area contributed by atoms with Gasteiger partial charge in [-0.25, -0.2) is 4.79 Å². The number of hydrogen-bond donors (Lipinski definition) is 0. The maximum absolute atomic E-state index is 12.3. The minimum atomic E-state index is -0.487. The molecule has 7 heteroatoms. The fraction of sp³-hybridized carbons (Fsp3) is 0.688. The number of ether oxygens (including phenoxy) is 2. The average Bonchev–Trinajstić information content (AvgIpc) is 2.45. The maximum atomic E-state index is 12.3. The molecule has 1 aliphatic heterocycles. The largest absolute Gasteiger partial charge is 0.473 e. The first-order valence-corrected chi connectivity index (χ1v) is 8.30. The molecule has 0 aliphatic carbocycles. The molecule has 1 aromatic heterocycles. The lowest BCUT2D eigenvalue weighted by Gasteiger charge is -2.39. The van der Waals surface area contributed by atoms with Crippen LogP contribution in [0, 0.1) is 0 Å². The van der Waals surface area contributed by atoms with E-state index < -0.39 is 5.60 Å². The van der Waals surface area contributed by atoms with Gasteiger partial charge in [0.25, 0.3) is 0 Å². The second kappa shape index (κ2) is 7.34. The lowest BCUT2D eigenvalue weighted by atomic mass is 9.98. The predicted octanol–water partition coefficient (Wildman–Crippen LogP) is 3.69. The minimum Gasteiger partial charge on any atom is -0.473 e. The second-order valence-electron chi connectivity index (χ2n) is 6.68. The molecule has 0 N–H and O–H groups in total. The minimum absolute atomic E-state index is 0.00796. The monoisotopic (exact) mass is 341 g/mol. The molecule has 1 fully saturated rings. The van der Waals surface area contributed by atoms with Crippen molar-refractivity contribution in [2.45, 2.75) is 64.7 Å². The van der Waals surface area contributed by atoms with Crippen LogP contribution in [0.3, 0.4) is 0 Å². The van der Waals surface area contributed by atoms with Crippen molar-refractivity contribution < 1.29 is 14.3 Å². The lowest BCUT2D eigenvalue weighted by Crippen LogP contribution is -2.50. The number of likely N-dealkylation sites (tertiary alicyclic amines) is 1. The molecule has 128 valence electrons. The van der Waals surface area contributed by atoms with E-state index in [2.05, 4.69) is 16.9 Å². The Labute approximate surface area is 142 Å². The first kappa shape index (κ1) is 17.8. The van der Waals surface area contributed by atoms with Gasteiger partial charge in [0.15, 0.2) is 5.15 Å². The van der Waals surface area contributed by atoms with Crippen LogP contribution in [0.4, 0.5) is 4.79 Å². The molecule has 0 saturated carbocycles. The van der Waals surface area contributed by atoms with Gasteiger partial charge in [-0.1, -0.05) is 18.5 Å². The lowest BCUT2D eigenvalue weighted by molar-refractivity contribution is -0.00520. The number of aromatic nitrogens is 2. The maximum Gasteiger partial charge on any atom is 0.410 e. The van der Waals surface area contributed by atoms with Crippen molar-refractivity contribution >= 4 is 17.7 Å². The summed E-state index contributed by atoms with van der Waals surface area (Å²) in [6.07, 6.45) is 5.06. The molecule has 2 rings (SSSR count). The summed E-state index contributed by atoms with van der Waals surface area (Å²) in [4.78, 5) is 22.2. The number of nitrogens with zero attached hydrogens (tertiary/aromatic N) is 3. The molecule has 1 aliphatic rings. The summed E-state index contributed by atoms with van der Waals surface area (Å²) >= 11 is 5.82. The zero-order valence-corrected chi connectivity index (χ0v) is 14.8. The molecule has 1 saturated heterocycles. The van der Waals surface area contributed by atoms with Crippen LogP contribution >= 0.6 is 11.6 Å². The van der Waals surface area contributed by atoms with E-state index in [-0.39, 0.29) is 18.2 Å². The molecule has 1 amide bonds. The second-order valence-corrected chi connectivity index (χ2v) is 7.07. The molecule has 0 aromatic carbocycles. The van der Waals surface area contributed by atoms with Crippen LogP contribution in [-0.4, -0.2) is 45.3 Å². The predicted molar refractivity (Wildman–Crippen MR) is 87.7 cm³/mol. The van der Waals surface area contributed by atoms with Crippen molar-refractivity contribution in [3.05, 3.63) is 17.5 Å². The Morgan fingerprint density at radius 2 is 2.17 bits per heavy atom. The van der Waals surface area contributed by atoms with Crippen molar-refractivity contribution in [1.29, 1.82) is 0 Å². The topological polar surface area (TPSA) is 64.6 Å². The van der Waals surface area contributed by atoms with E-state index in [9.17, 15) is 4.79 Å². The summed E-state index contributed by atoms with van der Waals surface area (Å²) in [7, 11) is 0. The Balaban J connectivity index is 1.97. The summed E-state index contributed by atoms with van der Waals surface area (Å²) in [6, 6.07) is 0.0933. The van der Waals surface area contributed by atoms with Crippen molar-refractivity contribution in [3.63, 3.8) is 0 Å². The van der Waals surface area contributed by atoms with E-state index in [1.54, 1.807) is 11.1 Å². The van der Waals surface area contributed by atoms with Crippen LogP contribution in [0.25, 0.3) is 0 Å². The number of amides is 1. The van der Waals surface area contributed by atoms with Crippen molar-refractivity contribution in [1.82, 2.24) is 14.9 Å². The number of halogens is 1. The van der Waals surface area contributed by atoms with Crippen LogP contribution in [0.2, 0.25) is 5.15 Å². The zero-order valence-electron chi connectivity index (χ0n) is 14.1. The van der Waals surface area contributed by atoms with E-state index in [0.717, 1.165) is 19.3 Å². The highest BCUT2D eigenvalue weighted by Gasteiger charge is 2.34. The van der Waals surface area contributed by atoms with Crippen molar-refractivity contribution in [3.8, 4) is 5.88 Å². The Morgan fingerprint density at radius 1 is 1.43 bits per heavy atom. The average molecular weight is 342 g/mol. The van der Waals surface area contributed by atoms with Crippen LogP contribution in [0.5, 0.6) is 5.88 Å². The van der Waals surface area contributed by atoms with Gasteiger partial charge in [0.2, 0.25) is 5.88 Å². The van der Waals surface area contributed by atoms with E-state index in [1.807, 2.05) is 20.8 Å². The third kappa shape index (κ3) is 5.23. The third-order valence-corrected chi connectivity index (χ3v) is 3.82. The number of piperidine rings is 1. The van der Waals surface area contributed by atoms with Crippen LogP contribution in [0.1, 0.15) is 47.0 Å². The highest BCUT2D eigenvalue weighted by molar-refractivity contribution is 6.29. The van der Waals surface area contributed by atoms with Crippen LogP contribution in [-0.2, 0) is 4.74 Å². The zero-order chi connectivity index (χ0) is 17.0. The smallest absolute Gasteiger partial charge is 0.410 e. The van der Waals surface area contributed by atoms with Gasteiger partial charge in [0.05, 0.1) is 12.4 Å². The number of rotatable bonds is 3. The molecule has 0 unspecified atom stereocenters. The number of carbonyl (C=O) groups is 1. The molecule has 6 nitrogen and oxygen atoms in total. The van der Waals surface area contributed by atoms with Crippen molar-refractivity contribution in [2.24, 2.45) is 0 Å². The number of carbonyl (C=O) groups excluding carboxylic acids is 1. The number of hydrogen-bond acceptors (Lipinski definition) is 5. The highest BCUT2D eigenvalue weighted by atomic mass is 35.5. The highest BCUT2D eigenvalue weighted by Crippen LogP contribution is 2.25. The first-order valence-electron chi connectivity index (χ1n) is 7.92. The fourth-order valence-electron chi connectivity index (χ4n) is 2.62. The van der Waals surface area contributed by atoms with Crippen LogP contribution in [0.15, 0.2) is 12.4 Å². The van der Waals surface area contributed by atoms with Gasteiger partial charge >= 0.3 is 6.09 Å². The van der Waals surface area contributed by atoms with Gasteiger partial charge in [0.1, 0.15) is 11.7 Å². The molecule has 1 aromatic rings. The molecular weight excluding hydrogens is 318 g/mol. The summed E-state index contributed by atoms with van der Waals surface area (Å²) in [6.45, 7) is 8.29. The summed E-state index contributed by atoms with van der Waals surface area (Å²) in [5.41, 5.74) is -0.487. The Morgan fingerprint density at radius 3 is 2.78 bits per heavy atom. The molecule has 0 bridgehead atoms. The molecular formula is C16H24ClN3O3. The summed E-state index contributed by atoms with van der Waals surface area (Å²) in [5.74, 6) is 0.420. The Bertz CT molecular complexity index is 548. The van der Waals surface area contributed by atoms with E-state index in [1.165, 1.54) is 6.20 Å². The quantitative estimate of drug-likeness (QED) is 0.839. The Hall–Kier alpha value is -1.56. The molecule has 23 heavy (non-hydrogen) atoms. The van der Waals surface area contributed by atoms with Crippen molar-refractivity contribution in [2.75, 3.05) is 6.54 Å². The molecule has 0 spiro atoms. The van der Waals surface area contributed by atoms with E-state index in [0.29, 0.717) is 17.6 Å². The first-order chi connectivity index (χ1) is 10.8. The van der Waals surface area contributed by atoms with Gasteiger partial charge < -0.3 is 14.4 Å². The third-order valence-electron chi connectivity index (χ3n) is 3.64. The van der Waals surface area contributed by atoms with Gasteiger partial charge in [-0.15, -0.1) is 0 Å². The molecule has 2 heterocycles. The van der Waals surface area contributed by atoms with E-state index in [4.69, 9.17) is 21.1 Å². The van der Waals surface area contributed by atoms with Crippen LogP contribution < -0.4 is 4.74 Å². The normalized spacial score (nSPS) is 21.9. The van der Waals surface area contributed by atoms with E-state index >= 15 is 0 Å². The van der Waals surface area contributed by atoms with Gasteiger partial charge in [-0.3, -0.25) is 4.98 Å². The standard InChI is InChI=1S/C16H24ClN3O3/c1-5-11-8-12(22-14-10-18-9-13(17)19-14)6-7-20(11)15(21)23-16(2,3)4/h9-12H,5-8H2,1-4H3/t11-,12+/m0/s1. The Kier molecular flexibility index (Phi) is 5.68.